The predicted octanol–water partition coefficient (Wildman–Crippen LogP) is 2.42. The number of hydrogen-bond acceptors (Lipinski definition) is 3. The molecule has 3 N–H and O–H groups in total. The van der Waals surface area contributed by atoms with Crippen molar-refractivity contribution in [1.82, 2.24) is 4.98 Å². The second kappa shape index (κ2) is 5.38. The SMILES string of the molecule is CC1CCC(Nc2ccnc(C(N)=O)c2)C(C)C1. The third-order valence-electron chi connectivity index (χ3n) is 3.80. The van der Waals surface area contributed by atoms with Crippen LogP contribution in [0.5, 0.6) is 0 Å². The first kappa shape index (κ1) is 12.9. The van der Waals surface area contributed by atoms with Gasteiger partial charge in [-0.25, -0.2) is 0 Å². The van der Waals surface area contributed by atoms with Gasteiger partial charge in [0.15, 0.2) is 0 Å². The van der Waals surface area contributed by atoms with Crippen LogP contribution in [0.2, 0.25) is 0 Å². The van der Waals surface area contributed by atoms with E-state index in [0.717, 1.165) is 11.6 Å². The Morgan fingerprint density at radius 3 is 2.89 bits per heavy atom. The molecule has 1 fully saturated rings. The molecule has 0 aliphatic heterocycles. The van der Waals surface area contributed by atoms with E-state index in [1.54, 1.807) is 12.3 Å². The number of carbonyl (C=O) groups excluding carboxylic acids is 1. The highest BCUT2D eigenvalue weighted by Crippen LogP contribution is 2.30. The lowest BCUT2D eigenvalue weighted by molar-refractivity contribution is 0.0995. The summed E-state index contributed by atoms with van der Waals surface area (Å²) >= 11 is 0. The molecular weight excluding hydrogens is 226 g/mol. The van der Waals surface area contributed by atoms with Crippen molar-refractivity contribution in [3.63, 3.8) is 0 Å². The fraction of sp³-hybridized carbons (Fsp3) is 0.571. The Balaban J connectivity index is 2.05. The second-order valence-electron chi connectivity index (χ2n) is 5.44. The van der Waals surface area contributed by atoms with Crippen LogP contribution >= 0.6 is 0 Å². The summed E-state index contributed by atoms with van der Waals surface area (Å²) in [6.07, 6.45) is 5.32. The summed E-state index contributed by atoms with van der Waals surface area (Å²) in [6, 6.07) is 4.09. The highest BCUT2D eigenvalue weighted by atomic mass is 16.1. The average molecular weight is 247 g/mol. The quantitative estimate of drug-likeness (QED) is 0.862. The van der Waals surface area contributed by atoms with E-state index >= 15 is 0 Å². The molecular formula is C14H21N3O. The summed E-state index contributed by atoms with van der Waals surface area (Å²) in [5.74, 6) is 0.986. The van der Waals surface area contributed by atoms with Crippen molar-refractivity contribution in [2.24, 2.45) is 17.6 Å². The Kier molecular flexibility index (Phi) is 3.84. The Bertz CT molecular complexity index is 433. The number of anilines is 1. The Labute approximate surface area is 108 Å². The fourth-order valence-electron chi connectivity index (χ4n) is 2.75. The van der Waals surface area contributed by atoms with Gasteiger partial charge in [0.2, 0.25) is 0 Å². The summed E-state index contributed by atoms with van der Waals surface area (Å²) in [5, 5.41) is 3.50. The van der Waals surface area contributed by atoms with Crippen molar-refractivity contribution >= 4 is 11.6 Å². The molecule has 1 aromatic heterocycles. The van der Waals surface area contributed by atoms with Crippen molar-refractivity contribution in [2.75, 3.05) is 5.32 Å². The molecule has 1 aliphatic rings. The number of primary amides is 1. The zero-order valence-electron chi connectivity index (χ0n) is 11.0. The molecule has 1 saturated carbocycles. The van der Waals surface area contributed by atoms with Crippen molar-refractivity contribution in [3.05, 3.63) is 24.0 Å². The van der Waals surface area contributed by atoms with Crippen LogP contribution in [-0.4, -0.2) is 16.9 Å². The van der Waals surface area contributed by atoms with E-state index in [1.165, 1.54) is 19.3 Å². The van der Waals surface area contributed by atoms with E-state index in [4.69, 9.17) is 5.73 Å². The molecule has 3 unspecified atom stereocenters. The molecule has 1 aromatic rings. The number of aromatic nitrogens is 1. The maximum atomic E-state index is 11.1. The van der Waals surface area contributed by atoms with Gasteiger partial charge in [0.25, 0.3) is 5.91 Å². The number of rotatable bonds is 3. The zero-order chi connectivity index (χ0) is 13.1. The number of amides is 1. The van der Waals surface area contributed by atoms with E-state index in [-0.39, 0.29) is 0 Å². The van der Waals surface area contributed by atoms with Gasteiger partial charge in [0, 0.05) is 17.9 Å². The number of pyridine rings is 1. The summed E-state index contributed by atoms with van der Waals surface area (Å²) in [7, 11) is 0. The van der Waals surface area contributed by atoms with Gasteiger partial charge in [-0.3, -0.25) is 9.78 Å². The van der Waals surface area contributed by atoms with E-state index < -0.39 is 5.91 Å². The minimum absolute atomic E-state index is 0.317. The molecule has 1 aliphatic carbocycles. The first-order valence-corrected chi connectivity index (χ1v) is 6.58. The van der Waals surface area contributed by atoms with Gasteiger partial charge in [-0.15, -0.1) is 0 Å². The predicted molar refractivity (Wildman–Crippen MR) is 72.3 cm³/mol. The lowest BCUT2D eigenvalue weighted by Gasteiger charge is -2.33. The molecule has 0 saturated heterocycles. The van der Waals surface area contributed by atoms with Crippen LogP contribution in [0.4, 0.5) is 5.69 Å². The van der Waals surface area contributed by atoms with Crippen LogP contribution in [0.25, 0.3) is 0 Å². The number of nitrogens with zero attached hydrogens (tertiary/aromatic N) is 1. The molecule has 0 aromatic carbocycles. The third-order valence-corrected chi connectivity index (χ3v) is 3.80. The molecule has 1 heterocycles. The van der Waals surface area contributed by atoms with Crippen LogP contribution in [0, 0.1) is 11.8 Å². The molecule has 98 valence electrons. The number of nitrogens with two attached hydrogens (primary N) is 1. The summed E-state index contributed by atoms with van der Waals surface area (Å²) in [6.45, 7) is 4.59. The molecule has 18 heavy (non-hydrogen) atoms. The first-order valence-electron chi connectivity index (χ1n) is 6.58. The van der Waals surface area contributed by atoms with Gasteiger partial charge in [0.05, 0.1) is 0 Å². The third kappa shape index (κ3) is 3.00. The van der Waals surface area contributed by atoms with Crippen molar-refractivity contribution in [2.45, 2.75) is 39.2 Å². The minimum Gasteiger partial charge on any atom is -0.382 e. The standard InChI is InChI=1S/C14H21N3O/c1-9-3-4-12(10(2)7-9)17-11-5-6-16-13(8-11)14(15)18/h5-6,8-10,12H,3-4,7H2,1-2H3,(H2,15,18)(H,16,17). The van der Waals surface area contributed by atoms with E-state index in [9.17, 15) is 4.79 Å². The minimum atomic E-state index is -0.482. The molecule has 4 nitrogen and oxygen atoms in total. The lowest BCUT2D eigenvalue weighted by atomic mass is 9.80. The highest BCUT2D eigenvalue weighted by Gasteiger charge is 2.25. The van der Waals surface area contributed by atoms with Gasteiger partial charge in [0.1, 0.15) is 5.69 Å². The van der Waals surface area contributed by atoms with Crippen molar-refractivity contribution in [3.8, 4) is 0 Å². The highest BCUT2D eigenvalue weighted by molar-refractivity contribution is 5.91. The Hall–Kier alpha value is -1.58. The van der Waals surface area contributed by atoms with Crippen molar-refractivity contribution in [1.29, 1.82) is 0 Å². The maximum Gasteiger partial charge on any atom is 0.267 e. The van der Waals surface area contributed by atoms with Gasteiger partial charge in [-0.05, 0) is 43.2 Å². The normalized spacial score (nSPS) is 27.8. The van der Waals surface area contributed by atoms with E-state index in [1.807, 2.05) is 6.07 Å². The molecule has 0 radical (unpaired) electrons. The topological polar surface area (TPSA) is 68.0 Å². The van der Waals surface area contributed by atoms with Crippen LogP contribution < -0.4 is 11.1 Å². The number of nitrogens with one attached hydrogen (secondary N) is 1. The number of carbonyl (C=O) groups is 1. The van der Waals surface area contributed by atoms with Crippen LogP contribution in [-0.2, 0) is 0 Å². The first-order chi connectivity index (χ1) is 8.56. The van der Waals surface area contributed by atoms with Crippen molar-refractivity contribution < 1.29 is 4.79 Å². The van der Waals surface area contributed by atoms with Crippen LogP contribution in [0.3, 0.4) is 0 Å². The van der Waals surface area contributed by atoms with Crippen LogP contribution in [0.1, 0.15) is 43.6 Å². The number of hydrogen-bond donors (Lipinski definition) is 2. The Morgan fingerprint density at radius 1 is 1.44 bits per heavy atom. The van der Waals surface area contributed by atoms with Gasteiger partial charge < -0.3 is 11.1 Å². The van der Waals surface area contributed by atoms with E-state index in [0.29, 0.717) is 17.7 Å². The maximum absolute atomic E-state index is 11.1. The monoisotopic (exact) mass is 247 g/mol. The lowest BCUT2D eigenvalue weighted by Crippen LogP contribution is -2.33. The summed E-state index contributed by atoms with van der Waals surface area (Å²) in [4.78, 5) is 15.0. The molecule has 4 heteroatoms. The smallest absolute Gasteiger partial charge is 0.267 e. The average Bonchev–Trinajstić information content (AvgIpc) is 2.33. The molecule has 3 atom stereocenters. The summed E-state index contributed by atoms with van der Waals surface area (Å²) < 4.78 is 0. The van der Waals surface area contributed by atoms with Gasteiger partial charge in [-0.2, -0.15) is 0 Å². The molecule has 0 spiro atoms. The van der Waals surface area contributed by atoms with Crippen LogP contribution in [0.15, 0.2) is 18.3 Å². The summed E-state index contributed by atoms with van der Waals surface area (Å²) in [5.41, 5.74) is 6.48. The second-order valence-corrected chi connectivity index (χ2v) is 5.44. The fourth-order valence-corrected chi connectivity index (χ4v) is 2.75. The molecule has 0 bridgehead atoms. The molecule has 2 rings (SSSR count). The zero-order valence-corrected chi connectivity index (χ0v) is 11.0. The van der Waals surface area contributed by atoms with E-state index in [2.05, 4.69) is 24.1 Å². The molecule has 1 amide bonds. The largest absolute Gasteiger partial charge is 0.382 e. The van der Waals surface area contributed by atoms with Gasteiger partial charge in [-0.1, -0.05) is 13.8 Å². The Morgan fingerprint density at radius 2 is 2.22 bits per heavy atom. The van der Waals surface area contributed by atoms with Gasteiger partial charge >= 0.3 is 0 Å².